The third-order valence-corrected chi connectivity index (χ3v) is 2.36. The summed E-state index contributed by atoms with van der Waals surface area (Å²) in [7, 11) is 0. The van der Waals surface area contributed by atoms with E-state index in [1.165, 1.54) is 0 Å². The second-order valence-corrected chi connectivity index (χ2v) is 3.67. The van der Waals surface area contributed by atoms with Gasteiger partial charge in [-0.15, -0.1) is 0 Å². The SMILES string of the molecule is CCCC(F)(CN)c1cncc(C)c1. The number of nitrogens with two attached hydrogens (primary N) is 1. The number of rotatable bonds is 4. The van der Waals surface area contributed by atoms with Crippen molar-refractivity contribution in [2.75, 3.05) is 6.54 Å². The fraction of sp³-hybridized carbons (Fsp3) is 0.545. The van der Waals surface area contributed by atoms with Crippen molar-refractivity contribution in [1.29, 1.82) is 0 Å². The lowest BCUT2D eigenvalue weighted by molar-refractivity contribution is 0.159. The van der Waals surface area contributed by atoms with Crippen LogP contribution in [0.25, 0.3) is 0 Å². The van der Waals surface area contributed by atoms with Gasteiger partial charge in [0.25, 0.3) is 0 Å². The van der Waals surface area contributed by atoms with Crippen molar-refractivity contribution >= 4 is 0 Å². The zero-order valence-corrected chi connectivity index (χ0v) is 8.76. The average Bonchev–Trinajstić information content (AvgIpc) is 2.18. The van der Waals surface area contributed by atoms with Crippen molar-refractivity contribution in [1.82, 2.24) is 4.98 Å². The molecule has 0 aliphatic carbocycles. The van der Waals surface area contributed by atoms with Crippen molar-refractivity contribution in [3.8, 4) is 0 Å². The lowest BCUT2D eigenvalue weighted by Gasteiger charge is -2.23. The quantitative estimate of drug-likeness (QED) is 0.802. The van der Waals surface area contributed by atoms with Crippen LogP contribution in [0.5, 0.6) is 0 Å². The Kier molecular flexibility index (Phi) is 3.58. The first-order valence-electron chi connectivity index (χ1n) is 4.93. The van der Waals surface area contributed by atoms with Gasteiger partial charge >= 0.3 is 0 Å². The molecule has 0 saturated carbocycles. The first-order valence-corrected chi connectivity index (χ1v) is 4.93. The highest BCUT2D eigenvalue weighted by molar-refractivity contribution is 5.23. The summed E-state index contributed by atoms with van der Waals surface area (Å²) in [5, 5.41) is 0. The van der Waals surface area contributed by atoms with Crippen LogP contribution in [0.3, 0.4) is 0 Å². The van der Waals surface area contributed by atoms with Crippen molar-refractivity contribution in [3.05, 3.63) is 29.6 Å². The molecule has 0 saturated heterocycles. The summed E-state index contributed by atoms with van der Waals surface area (Å²) < 4.78 is 14.3. The summed E-state index contributed by atoms with van der Waals surface area (Å²) in [4.78, 5) is 3.98. The lowest BCUT2D eigenvalue weighted by Crippen LogP contribution is -2.30. The first-order chi connectivity index (χ1) is 6.62. The number of hydrogen-bond donors (Lipinski definition) is 1. The Labute approximate surface area is 84.3 Å². The largest absolute Gasteiger partial charge is 0.327 e. The molecular formula is C11H17FN2. The van der Waals surface area contributed by atoms with E-state index >= 15 is 0 Å². The Morgan fingerprint density at radius 1 is 1.50 bits per heavy atom. The van der Waals surface area contributed by atoms with E-state index in [9.17, 15) is 4.39 Å². The number of hydrogen-bond acceptors (Lipinski definition) is 2. The van der Waals surface area contributed by atoms with E-state index in [0.717, 1.165) is 12.0 Å². The molecule has 0 radical (unpaired) electrons. The molecule has 1 atom stereocenters. The zero-order valence-electron chi connectivity index (χ0n) is 8.76. The second-order valence-electron chi connectivity index (χ2n) is 3.67. The monoisotopic (exact) mass is 196 g/mol. The minimum Gasteiger partial charge on any atom is -0.327 e. The molecule has 0 aromatic carbocycles. The van der Waals surface area contributed by atoms with Crippen LogP contribution in [0.2, 0.25) is 0 Å². The van der Waals surface area contributed by atoms with Gasteiger partial charge in [0.1, 0.15) is 5.67 Å². The van der Waals surface area contributed by atoms with Gasteiger partial charge < -0.3 is 5.73 Å². The Morgan fingerprint density at radius 3 is 2.71 bits per heavy atom. The molecule has 0 aliphatic heterocycles. The Balaban J connectivity index is 2.99. The third kappa shape index (κ3) is 2.29. The van der Waals surface area contributed by atoms with Gasteiger partial charge in [-0.05, 0) is 25.0 Å². The molecule has 0 amide bonds. The highest BCUT2D eigenvalue weighted by Crippen LogP contribution is 2.29. The van der Waals surface area contributed by atoms with Crippen molar-refractivity contribution < 1.29 is 4.39 Å². The smallest absolute Gasteiger partial charge is 0.149 e. The van der Waals surface area contributed by atoms with E-state index in [2.05, 4.69) is 4.98 Å². The van der Waals surface area contributed by atoms with Crippen LogP contribution in [0.15, 0.2) is 18.5 Å². The molecule has 1 heterocycles. The van der Waals surface area contributed by atoms with Gasteiger partial charge in [-0.2, -0.15) is 0 Å². The van der Waals surface area contributed by atoms with Crippen LogP contribution in [0, 0.1) is 6.92 Å². The number of aryl methyl sites for hydroxylation is 1. The Bertz CT molecular complexity index is 301. The van der Waals surface area contributed by atoms with Crippen LogP contribution in [0.4, 0.5) is 4.39 Å². The maximum Gasteiger partial charge on any atom is 0.149 e. The zero-order chi connectivity index (χ0) is 10.6. The number of alkyl halides is 1. The molecule has 0 bridgehead atoms. The highest BCUT2D eigenvalue weighted by Gasteiger charge is 2.29. The van der Waals surface area contributed by atoms with E-state index in [1.807, 2.05) is 19.9 Å². The molecule has 14 heavy (non-hydrogen) atoms. The summed E-state index contributed by atoms with van der Waals surface area (Å²) in [6.45, 7) is 3.87. The number of halogens is 1. The van der Waals surface area contributed by atoms with E-state index in [0.29, 0.717) is 12.0 Å². The minimum absolute atomic E-state index is 0.0198. The molecule has 1 rings (SSSR count). The summed E-state index contributed by atoms with van der Waals surface area (Å²) in [5.74, 6) is 0. The van der Waals surface area contributed by atoms with E-state index in [-0.39, 0.29) is 6.54 Å². The second kappa shape index (κ2) is 4.51. The van der Waals surface area contributed by atoms with Gasteiger partial charge in [-0.25, -0.2) is 4.39 Å². The van der Waals surface area contributed by atoms with E-state index in [4.69, 9.17) is 5.73 Å². The van der Waals surface area contributed by atoms with Crippen LogP contribution < -0.4 is 5.73 Å². The van der Waals surface area contributed by atoms with Crippen molar-refractivity contribution in [2.45, 2.75) is 32.4 Å². The predicted octanol–water partition coefficient (Wildman–Crippen LogP) is 2.31. The van der Waals surface area contributed by atoms with Gasteiger partial charge in [0.15, 0.2) is 0 Å². The predicted molar refractivity (Wildman–Crippen MR) is 55.7 cm³/mol. The Hall–Kier alpha value is -0.960. The fourth-order valence-electron chi connectivity index (χ4n) is 1.56. The standard InChI is InChI=1S/C11H17FN2/c1-3-4-11(12,8-13)10-5-9(2)6-14-7-10/h5-7H,3-4,8,13H2,1-2H3. The number of aromatic nitrogens is 1. The molecule has 2 nitrogen and oxygen atoms in total. The lowest BCUT2D eigenvalue weighted by atomic mass is 9.92. The van der Waals surface area contributed by atoms with Gasteiger partial charge in [0.05, 0.1) is 0 Å². The van der Waals surface area contributed by atoms with E-state index < -0.39 is 5.67 Å². The summed E-state index contributed by atoms with van der Waals surface area (Å²) in [6.07, 6.45) is 4.51. The molecule has 3 heteroatoms. The van der Waals surface area contributed by atoms with Gasteiger partial charge in [-0.3, -0.25) is 4.98 Å². The third-order valence-electron chi connectivity index (χ3n) is 2.36. The van der Waals surface area contributed by atoms with E-state index in [1.54, 1.807) is 12.4 Å². The van der Waals surface area contributed by atoms with Crippen LogP contribution in [0.1, 0.15) is 30.9 Å². The average molecular weight is 196 g/mol. The van der Waals surface area contributed by atoms with Crippen LogP contribution >= 0.6 is 0 Å². The Morgan fingerprint density at radius 2 is 2.21 bits per heavy atom. The fourth-order valence-corrected chi connectivity index (χ4v) is 1.56. The maximum atomic E-state index is 14.3. The molecular weight excluding hydrogens is 179 g/mol. The molecule has 1 unspecified atom stereocenters. The maximum absolute atomic E-state index is 14.3. The molecule has 78 valence electrons. The first kappa shape index (κ1) is 11.1. The topological polar surface area (TPSA) is 38.9 Å². The highest BCUT2D eigenvalue weighted by atomic mass is 19.1. The molecule has 0 spiro atoms. The number of nitrogens with zero attached hydrogens (tertiary/aromatic N) is 1. The molecule has 2 N–H and O–H groups in total. The normalized spacial score (nSPS) is 15.1. The summed E-state index contributed by atoms with van der Waals surface area (Å²) in [5.41, 5.74) is 5.63. The van der Waals surface area contributed by atoms with Crippen LogP contribution in [-0.4, -0.2) is 11.5 Å². The molecule has 1 aromatic rings. The van der Waals surface area contributed by atoms with Gasteiger partial charge in [0, 0.05) is 24.5 Å². The molecule has 0 aliphatic rings. The molecule has 0 fully saturated rings. The van der Waals surface area contributed by atoms with Gasteiger partial charge in [0.2, 0.25) is 0 Å². The van der Waals surface area contributed by atoms with Crippen molar-refractivity contribution in [3.63, 3.8) is 0 Å². The summed E-state index contributed by atoms with van der Waals surface area (Å²) >= 11 is 0. The summed E-state index contributed by atoms with van der Waals surface area (Å²) in [6, 6.07) is 1.82. The number of pyridine rings is 1. The van der Waals surface area contributed by atoms with Gasteiger partial charge in [-0.1, -0.05) is 13.3 Å². The minimum atomic E-state index is -1.41. The molecule has 1 aromatic heterocycles. The van der Waals surface area contributed by atoms with Crippen molar-refractivity contribution in [2.24, 2.45) is 5.73 Å². The van der Waals surface area contributed by atoms with Crippen LogP contribution in [-0.2, 0) is 5.67 Å².